The van der Waals surface area contributed by atoms with E-state index < -0.39 is 21.5 Å². The molecule has 0 bridgehead atoms. The zero-order valence-electron chi connectivity index (χ0n) is 11.0. The van der Waals surface area contributed by atoms with Crippen LogP contribution in [0.25, 0.3) is 0 Å². The van der Waals surface area contributed by atoms with E-state index in [1.165, 1.54) is 6.92 Å². The molecule has 0 atom stereocenters. The Kier molecular flexibility index (Phi) is 5.66. The number of carbonyl (C=O) groups excluding carboxylic acids is 2. The van der Waals surface area contributed by atoms with Gasteiger partial charge in [0.25, 0.3) is 0 Å². The maximum absolute atomic E-state index is 11.6. The predicted molar refractivity (Wildman–Crippen MR) is 77.1 cm³/mol. The summed E-state index contributed by atoms with van der Waals surface area (Å²) in [5.74, 6) is -1.64. The van der Waals surface area contributed by atoms with E-state index in [0.717, 1.165) is 0 Å². The fourth-order valence-corrected chi connectivity index (χ4v) is 2.46. The third-order valence-corrected chi connectivity index (χ3v) is 3.83. The maximum Gasteiger partial charge on any atom is 0.239 e. The number of hydrogen-bond acceptors (Lipinski definition) is 5. The van der Waals surface area contributed by atoms with E-state index in [9.17, 15) is 18.0 Å². The van der Waals surface area contributed by atoms with Gasteiger partial charge in [0.2, 0.25) is 11.8 Å². The molecule has 0 saturated carbocycles. The Morgan fingerprint density at radius 1 is 1.10 bits per heavy atom. The van der Waals surface area contributed by atoms with Gasteiger partial charge in [0.1, 0.15) is 5.75 Å². The van der Waals surface area contributed by atoms with Crippen LogP contribution in [0, 0.1) is 0 Å². The predicted octanol–water partition coefficient (Wildman–Crippen LogP) is -0.0430. The first-order valence-corrected chi connectivity index (χ1v) is 7.72. The topological polar surface area (TPSA) is 118 Å². The third-order valence-electron chi connectivity index (χ3n) is 2.27. The lowest BCUT2D eigenvalue weighted by Crippen LogP contribution is -2.27. The van der Waals surface area contributed by atoms with Crippen molar-refractivity contribution in [2.24, 2.45) is 5.73 Å². The minimum absolute atomic E-state index is 0.0129. The van der Waals surface area contributed by atoms with E-state index in [4.69, 9.17) is 5.73 Å². The minimum Gasteiger partial charge on any atom is -0.329 e. The van der Waals surface area contributed by atoms with Crippen molar-refractivity contribution in [1.82, 2.24) is 0 Å². The summed E-state index contributed by atoms with van der Waals surface area (Å²) in [6.07, 6.45) is 0. The molecule has 0 aliphatic rings. The monoisotopic (exact) mass is 299 g/mol. The number of benzene rings is 1. The Morgan fingerprint density at radius 2 is 1.60 bits per heavy atom. The number of carbonyl (C=O) groups is 2. The molecule has 1 rings (SSSR count). The molecule has 0 radical (unpaired) electrons. The molecule has 1 aromatic carbocycles. The number of nitrogens with one attached hydrogen (secondary N) is 2. The van der Waals surface area contributed by atoms with E-state index >= 15 is 0 Å². The standard InChI is InChI=1S/C12H17N3O4S/c1-9(16)14-10-2-4-11(5-3-10)15-12(17)8-20(18,19)7-6-13/h2-5H,6-8,13H2,1H3,(H,14,16)(H,15,17). The molecule has 0 fully saturated rings. The van der Waals surface area contributed by atoms with Crippen molar-refractivity contribution in [1.29, 1.82) is 0 Å². The smallest absolute Gasteiger partial charge is 0.239 e. The van der Waals surface area contributed by atoms with Crippen LogP contribution >= 0.6 is 0 Å². The highest BCUT2D eigenvalue weighted by atomic mass is 32.2. The second-order valence-corrected chi connectivity index (χ2v) is 6.37. The molecular weight excluding hydrogens is 282 g/mol. The van der Waals surface area contributed by atoms with Crippen molar-refractivity contribution in [2.75, 3.05) is 28.7 Å². The number of sulfone groups is 1. The minimum atomic E-state index is -3.47. The number of anilines is 2. The molecule has 0 unspecified atom stereocenters. The molecule has 0 aliphatic carbocycles. The Labute approximate surface area is 117 Å². The van der Waals surface area contributed by atoms with E-state index in [1.54, 1.807) is 24.3 Å². The van der Waals surface area contributed by atoms with Gasteiger partial charge in [0.15, 0.2) is 9.84 Å². The van der Waals surface area contributed by atoms with Crippen molar-refractivity contribution >= 4 is 33.0 Å². The molecule has 0 saturated heterocycles. The first-order chi connectivity index (χ1) is 9.32. The summed E-state index contributed by atoms with van der Waals surface area (Å²) < 4.78 is 22.8. The first-order valence-electron chi connectivity index (χ1n) is 5.90. The molecule has 0 aliphatic heterocycles. The van der Waals surface area contributed by atoms with E-state index in [2.05, 4.69) is 10.6 Å². The van der Waals surface area contributed by atoms with Crippen LogP contribution in [0.15, 0.2) is 24.3 Å². The maximum atomic E-state index is 11.6. The van der Waals surface area contributed by atoms with Crippen LogP contribution < -0.4 is 16.4 Å². The number of amides is 2. The normalized spacial score (nSPS) is 10.9. The van der Waals surface area contributed by atoms with E-state index in [1.807, 2.05) is 0 Å². The highest BCUT2D eigenvalue weighted by molar-refractivity contribution is 7.92. The summed E-state index contributed by atoms with van der Waals surface area (Å²) >= 11 is 0. The lowest BCUT2D eigenvalue weighted by atomic mass is 10.3. The molecule has 0 aromatic heterocycles. The van der Waals surface area contributed by atoms with E-state index in [-0.39, 0.29) is 18.2 Å². The van der Waals surface area contributed by atoms with Crippen molar-refractivity contribution in [3.63, 3.8) is 0 Å². The fraction of sp³-hybridized carbons (Fsp3) is 0.333. The summed E-state index contributed by atoms with van der Waals surface area (Å²) in [6.45, 7) is 1.37. The molecule has 110 valence electrons. The Morgan fingerprint density at radius 3 is 2.05 bits per heavy atom. The third kappa shape index (κ3) is 5.81. The van der Waals surface area contributed by atoms with Crippen molar-refractivity contribution < 1.29 is 18.0 Å². The molecule has 4 N–H and O–H groups in total. The average Bonchev–Trinajstić information content (AvgIpc) is 2.29. The van der Waals surface area contributed by atoms with Gasteiger partial charge in [0.05, 0.1) is 5.75 Å². The first kappa shape index (κ1) is 16.1. The summed E-state index contributed by atoms with van der Waals surface area (Å²) in [7, 11) is -3.47. The quantitative estimate of drug-likeness (QED) is 0.681. The Bertz CT molecular complexity index is 581. The summed E-state index contributed by atoms with van der Waals surface area (Å²) in [5, 5.41) is 5.04. The SMILES string of the molecule is CC(=O)Nc1ccc(NC(=O)CS(=O)(=O)CCN)cc1. The van der Waals surface area contributed by atoms with Crippen molar-refractivity contribution in [3.8, 4) is 0 Å². The van der Waals surface area contributed by atoms with E-state index in [0.29, 0.717) is 11.4 Å². The average molecular weight is 299 g/mol. The van der Waals surface area contributed by atoms with Gasteiger partial charge in [-0.3, -0.25) is 9.59 Å². The van der Waals surface area contributed by atoms with Gasteiger partial charge in [-0.1, -0.05) is 0 Å². The summed E-state index contributed by atoms with van der Waals surface area (Å²) in [5.41, 5.74) is 6.19. The zero-order valence-corrected chi connectivity index (χ0v) is 11.9. The van der Waals surface area contributed by atoms with Crippen LogP contribution in [0.4, 0.5) is 11.4 Å². The van der Waals surface area contributed by atoms with Crippen LogP contribution in [0.3, 0.4) is 0 Å². The molecule has 0 spiro atoms. The lowest BCUT2D eigenvalue weighted by Gasteiger charge is -2.07. The second kappa shape index (κ2) is 7.01. The Balaban J connectivity index is 2.60. The molecule has 20 heavy (non-hydrogen) atoms. The van der Waals surface area contributed by atoms with Crippen molar-refractivity contribution in [3.05, 3.63) is 24.3 Å². The Hall–Kier alpha value is -1.93. The summed E-state index contributed by atoms with van der Waals surface area (Å²) in [6, 6.07) is 6.34. The molecule has 8 heteroatoms. The van der Waals surface area contributed by atoms with Gasteiger partial charge >= 0.3 is 0 Å². The van der Waals surface area contributed by atoms with Crippen LogP contribution in [-0.4, -0.2) is 38.3 Å². The van der Waals surface area contributed by atoms with Gasteiger partial charge in [0, 0.05) is 24.8 Å². The molecule has 1 aromatic rings. The molecule has 7 nitrogen and oxygen atoms in total. The molecule has 2 amide bonds. The van der Waals surface area contributed by atoms with Crippen LogP contribution in [-0.2, 0) is 19.4 Å². The van der Waals surface area contributed by atoms with Gasteiger partial charge in [-0.2, -0.15) is 0 Å². The van der Waals surface area contributed by atoms with Gasteiger partial charge in [-0.15, -0.1) is 0 Å². The fourth-order valence-electron chi connectivity index (χ4n) is 1.49. The number of rotatable bonds is 6. The van der Waals surface area contributed by atoms with Crippen molar-refractivity contribution in [2.45, 2.75) is 6.92 Å². The molecular formula is C12H17N3O4S. The largest absolute Gasteiger partial charge is 0.329 e. The van der Waals surface area contributed by atoms with Crippen LogP contribution in [0.1, 0.15) is 6.92 Å². The highest BCUT2D eigenvalue weighted by Gasteiger charge is 2.15. The van der Waals surface area contributed by atoms with Gasteiger partial charge < -0.3 is 16.4 Å². The number of nitrogens with two attached hydrogens (primary N) is 1. The van der Waals surface area contributed by atoms with Crippen LogP contribution in [0.5, 0.6) is 0 Å². The summed E-state index contributed by atoms with van der Waals surface area (Å²) in [4.78, 5) is 22.4. The van der Waals surface area contributed by atoms with Gasteiger partial charge in [-0.05, 0) is 24.3 Å². The number of hydrogen-bond donors (Lipinski definition) is 3. The molecule has 0 heterocycles. The highest BCUT2D eigenvalue weighted by Crippen LogP contribution is 2.13. The zero-order chi connectivity index (χ0) is 15.2. The van der Waals surface area contributed by atoms with Gasteiger partial charge in [-0.25, -0.2) is 8.42 Å². The van der Waals surface area contributed by atoms with Crippen LogP contribution in [0.2, 0.25) is 0 Å². The second-order valence-electron chi connectivity index (χ2n) is 4.19. The lowest BCUT2D eigenvalue weighted by molar-refractivity contribution is -0.114.